The van der Waals surface area contributed by atoms with Crippen LogP contribution < -0.4 is 9.64 Å². The summed E-state index contributed by atoms with van der Waals surface area (Å²) in [6.07, 6.45) is 6.12. The Balaban J connectivity index is 2.12. The van der Waals surface area contributed by atoms with Gasteiger partial charge in [0, 0.05) is 17.9 Å². The molecule has 0 aliphatic heterocycles. The Kier molecular flexibility index (Phi) is 4.20. The van der Waals surface area contributed by atoms with Crippen LogP contribution in [-0.2, 0) is 0 Å². The van der Waals surface area contributed by atoms with Crippen LogP contribution in [0.5, 0.6) is 5.88 Å². The molecule has 0 unspecified atom stereocenters. The molecule has 1 aliphatic rings. The molecule has 0 radical (unpaired) electrons. The van der Waals surface area contributed by atoms with Gasteiger partial charge in [0.2, 0.25) is 5.88 Å². The number of aromatic nitrogens is 2. The summed E-state index contributed by atoms with van der Waals surface area (Å²) in [5, 5.41) is 0.945. The highest BCUT2D eigenvalue weighted by atomic mass is 79.9. The van der Waals surface area contributed by atoms with Crippen LogP contribution in [0, 0.1) is 0 Å². The summed E-state index contributed by atoms with van der Waals surface area (Å²) in [5.74, 6) is 1.53. The zero-order valence-electron chi connectivity index (χ0n) is 10.3. The SMILES string of the molecule is CC(C)Oc1cncc(N(CCBr)C2CC2)n1. The van der Waals surface area contributed by atoms with Gasteiger partial charge in [-0.1, -0.05) is 15.9 Å². The third-order valence-electron chi connectivity index (χ3n) is 2.56. The van der Waals surface area contributed by atoms with Gasteiger partial charge in [-0.25, -0.2) is 0 Å². The highest BCUT2D eigenvalue weighted by molar-refractivity contribution is 9.09. The number of rotatable bonds is 6. The third kappa shape index (κ3) is 3.56. The highest BCUT2D eigenvalue weighted by Gasteiger charge is 2.29. The van der Waals surface area contributed by atoms with Crippen LogP contribution in [0.25, 0.3) is 0 Å². The molecule has 0 saturated heterocycles. The van der Waals surface area contributed by atoms with Gasteiger partial charge in [0.25, 0.3) is 0 Å². The predicted octanol–water partition coefficient (Wildman–Crippen LogP) is 2.63. The van der Waals surface area contributed by atoms with Crippen LogP contribution in [0.1, 0.15) is 26.7 Å². The highest BCUT2D eigenvalue weighted by Crippen LogP contribution is 2.30. The molecule has 0 N–H and O–H groups in total. The second-order valence-corrected chi connectivity index (χ2v) is 5.29. The predicted molar refractivity (Wildman–Crippen MR) is 72.0 cm³/mol. The quantitative estimate of drug-likeness (QED) is 0.757. The lowest BCUT2D eigenvalue weighted by atomic mass is 10.4. The first-order valence-corrected chi connectivity index (χ1v) is 7.14. The molecule has 5 heteroatoms. The van der Waals surface area contributed by atoms with Crippen molar-refractivity contribution in [3.05, 3.63) is 12.4 Å². The lowest BCUT2D eigenvalue weighted by Gasteiger charge is -2.22. The molecule has 94 valence electrons. The van der Waals surface area contributed by atoms with Gasteiger partial charge < -0.3 is 9.64 Å². The Bertz CT molecular complexity index is 369. The number of ether oxygens (including phenoxy) is 1. The first kappa shape index (κ1) is 12.6. The van der Waals surface area contributed by atoms with Crippen molar-refractivity contribution < 1.29 is 4.74 Å². The number of nitrogens with zero attached hydrogens (tertiary/aromatic N) is 3. The molecule has 2 rings (SSSR count). The first-order chi connectivity index (χ1) is 8.20. The standard InChI is InChI=1S/C12H18BrN3O/c1-9(2)17-12-8-14-7-11(15-12)16(6-5-13)10-3-4-10/h7-10H,3-6H2,1-2H3. The number of alkyl halides is 1. The number of hydrogen-bond donors (Lipinski definition) is 0. The van der Waals surface area contributed by atoms with Gasteiger partial charge in [0.05, 0.1) is 18.5 Å². The van der Waals surface area contributed by atoms with E-state index in [0.717, 1.165) is 17.7 Å². The first-order valence-electron chi connectivity index (χ1n) is 6.02. The van der Waals surface area contributed by atoms with Crippen molar-refractivity contribution in [1.29, 1.82) is 0 Å². The topological polar surface area (TPSA) is 38.2 Å². The normalized spacial score (nSPS) is 15.1. The molecule has 1 fully saturated rings. The van der Waals surface area contributed by atoms with E-state index in [1.165, 1.54) is 12.8 Å². The van der Waals surface area contributed by atoms with E-state index in [-0.39, 0.29) is 6.10 Å². The summed E-state index contributed by atoms with van der Waals surface area (Å²) in [5.41, 5.74) is 0. The molecule has 0 atom stereocenters. The Labute approximate surface area is 111 Å². The fourth-order valence-electron chi connectivity index (χ4n) is 1.74. The minimum Gasteiger partial charge on any atom is -0.474 e. The van der Waals surface area contributed by atoms with Gasteiger partial charge in [0.1, 0.15) is 0 Å². The summed E-state index contributed by atoms with van der Waals surface area (Å²) in [4.78, 5) is 11.0. The molecule has 4 nitrogen and oxygen atoms in total. The van der Waals surface area contributed by atoms with Crippen molar-refractivity contribution in [2.75, 3.05) is 16.8 Å². The molecular weight excluding hydrogens is 282 g/mol. The van der Waals surface area contributed by atoms with E-state index in [1.54, 1.807) is 6.20 Å². The zero-order chi connectivity index (χ0) is 12.3. The summed E-state index contributed by atoms with van der Waals surface area (Å²) in [7, 11) is 0. The van der Waals surface area contributed by atoms with Gasteiger partial charge in [-0.15, -0.1) is 0 Å². The number of anilines is 1. The monoisotopic (exact) mass is 299 g/mol. The van der Waals surface area contributed by atoms with Crippen molar-refractivity contribution in [3.63, 3.8) is 0 Å². The van der Waals surface area contributed by atoms with E-state index >= 15 is 0 Å². The Morgan fingerprint density at radius 3 is 2.82 bits per heavy atom. The lowest BCUT2D eigenvalue weighted by molar-refractivity contribution is 0.231. The maximum atomic E-state index is 5.57. The molecule has 1 aromatic rings. The molecule has 0 amide bonds. The average Bonchev–Trinajstić information content (AvgIpc) is 3.09. The van der Waals surface area contributed by atoms with Crippen LogP contribution in [0.4, 0.5) is 5.82 Å². The van der Waals surface area contributed by atoms with Crippen LogP contribution in [0.3, 0.4) is 0 Å². The second-order valence-electron chi connectivity index (χ2n) is 4.50. The van der Waals surface area contributed by atoms with Crippen molar-refractivity contribution in [2.24, 2.45) is 0 Å². The molecule has 0 aromatic carbocycles. The van der Waals surface area contributed by atoms with E-state index < -0.39 is 0 Å². The van der Waals surface area contributed by atoms with E-state index in [1.807, 2.05) is 20.0 Å². The Morgan fingerprint density at radius 2 is 2.24 bits per heavy atom. The smallest absolute Gasteiger partial charge is 0.234 e. The van der Waals surface area contributed by atoms with Gasteiger partial charge in [-0.2, -0.15) is 4.98 Å². The summed E-state index contributed by atoms with van der Waals surface area (Å²) < 4.78 is 5.57. The second kappa shape index (κ2) is 5.67. The summed E-state index contributed by atoms with van der Waals surface area (Å²) in [6.45, 7) is 4.95. The van der Waals surface area contributed by atoms with Crippen LogP contribution in [0.2, 0.25) is 0 Å². The van der Waals surface area contributed by atoms with Crippen molar-refractivity contribution in [2.45, 2.75) is 38.8 Å². The van der Waals surface area contributed by atoms with E-state index in [9.17, 15) is 0 Å². The van der Waals surface area contributed by atoms with Crippen molar-refractivity contribution in [3.8, 4) is 5.88 Å². The lowest BCUT2D eigenvalue weighted by Crippen LogP contribution is -2.28. The maximum Gasteiger partial charge on any atom is 0.234 e. The molecule has 0 bridgehead atoms. The fraction of sp³-hybridized carbons (Fsp3) is 0.667. The summed E-state index contributed by atoms with van der Waals surface area (Å²) in [6, 6.07) is 0.635. The van der Waals surface area contributed by atoms with Crippen molar-refractivity contribution >= 4 is 21.7 Å². The maximum absolute atomic E-state index is 5.57. The Hall–Kier alpha value is -0.840. The minimum atomic E-state index is 0.130. The average molecular weight is 300 g/mol. The van der Waals surface area contributed by atoms with Gasteiger partial charge in [-0.05, 0) is 26.7 Å². The van der Waals surface area contributed by atoms with Gasteiger partial charge in [0.15, 0.2) is 5.82 Å². The Morgan fingerprint density at radius 1 is 1.47 bits per heavy atom. The van der Waals surface area contributed by atoms with Crippen LogP contribution >= 0.6 is 15.9 Å². The molecular formula is C12H18BrN3O. The molecule has 1 aliphatic carbocycles. The van der Waals surface area contributed by atoms with E-state index in [2.05, 4.69) is 30.8 Å². The minimum absolute atomic E-state index is 0.130. The number of halogens is 1. The molecule has 17 heavy (non-hydrogen) atoms. The number of hydrogen-bond acceptors (Lipinski definition) is 4. The third-order valence-corrected chi connectivity index (χ3v) is 2.92. The zero-order valence-corrected chi connectivity index (χ0v) is 11.9. The van der Waals surface area contributed by atoms with Gasteiger partial charge >= 0.3 is 0 Å². The molecule has 1 heterocycles. The summed E-state index contributed by atoms with van der Waals surface area (Å²) >= 11 is 3.48. The fourth-order valence-corrected chi connectivity index (χ4v) is 2.12. The van der Waals surface area contributed by atoms with Crippen LogP contribution in [0.15, 0.2) is 12.4 Å². The molecule has 1 aromatic heterocycles. The largest absolute Gasteiger partial charge is 0.474 e. The molecule has 0 spiro atoms. The molecule has 1 saturated carbocycles. The van der Waals surface area contributed by atoms with Gasteiger partial charge in [-0.3, -0.25) is 4.98 Å². The van der Waals surface area contributed by atoms with E-state index in [4.69, 9.17) is 4.74 Å². The van der Waals surface area contributed by atoms with Crippen LogP contribution in [-0.4, -0.2) is 34.0 Å². The van der Waals surface area contributed by atoms with E-state index in [0.29, 0.717) is 11.9 Å². The van der Waals surface area contributed by atoms with Crippen molar-refractivity contribution in [1.82, 2.24) is 9.97 Å².